The van der Waals surface area contributed by atoms with E-state index in [-0.39, 0.29) is 29.7 Å². The van der Waals surface area contributed by atoms with Crippen LogP contribution in [0.2, 0.25) is 0 Å². The molecule has 0 spiro atoms. The first-order valence-corrected chi connectivity index (χ1v) is 12.1. The monoisotopic (exact) mass is 487 g/mol. The smallest absolute Gasteiger partial charge is 0.223 e. The molecule has 5 rings (SSSR count). The van der Waals surface area contributed by atoms with Gasteiger partial charge in [-0.3, -0.25) is 9.69 Å². The molecule has 5 nitrogen and oxygen atoms in total. The van der Waals surface area contributed by atoms with Gasteiger partial charge in [0.05, 0.1) is 17.8 Å². The number of aryl methyl sites for hydroxylation is 1. The molecule has 4 aromatic rings. The Labute approximate surface area is 209 Å². The zero-order chi connectivity index (χ0) is 24.9. The lowest BCUT2D eigenvalue weighted by Gasteiger charge is -2.39. The number of amides is 1. The van der Waals surface area contributed by atoms with Crippen molar-refractivity contribution >= 4 is 5.91 Å². The highest BCUT2D eigenvalue weighted by atomic mass is 19.1. The highest BCUT2D eigenvalue weighted by molar-refractivity contribution is 5.76. The first-order chi connectivity index (χ1) is 17.6. The van der Waals surface area contributed by atoms with Crippen LogP contribution >= 0.6 is 0 Å². The van der Waals surface area contributed by atoms with Crippen LogP contribution in [-0.4, -0.2) is 46.9 Å². The van der Waals surface area contributed by atoms with Gasteiger partial charge in [0.1, 0.15) is 11.6 Å². The van der Waals surface area contributed by atoms with Crippen molar-refractivity contribution in [1.82, 2.24) is 14.8 Å². The maximum absolute atomic E-state index is 14.0. The minimum absolute atomic E-state index is 0.0401. The summed E-state index contributed by atoms with van der Waals surface area (Å²) < 4.78 is 32.8. The minimum atomic E-state index is -0.712. The topological polar surface area (TPSA) is 49.6 Å². The van der Waals surface area contributed by atoms with E-state index in [1.54, 1.807) is 0 Å². The van der Waals surface area contributed by atoms with Gasteiger partial charge in [-0.1, -0.05) is 60.7 Å². The molecular weight excluding hydrogens is 460 g/mol. The van der Waals surface area contributed by atoms with E-state index in [0.717, 1.165) is 19.2 Å². The lowest BCUT2D eigenvalue weighted by molar-refractivity contribution is -0.133. The molecule has 1 aliphatic rings. The summed E-state index contributed by atoms with van der Waals surface area (Å²) in [5.41, 5.74) is 2.62. The quantitative estimate of drug-likeness (QED) is 0.346. The SMILES string of the molecule is O=C(CCc1ncc(-c2ccc(F)cc2F)o1)N1CCN(C(c2ccccc2)c2ccccc2)CC1. The van der Waals surface area contributed by atoms with Gasteiger partial charge in [-0.25, -0.2) is 13.8 Å². The van der Waals surface area contributed by atoms with Crippen LogP contribution in [0.5, 0.6) is 0 Å². The third-order valence-electron chi connectivity index (χ3n) is 6.57. The summed E-state index contributed by atoms with van der Waals surface area (Å²) in [5.74, 6) is -0.750. The van der Waals surface area contributed by atoms with Crippen LogP contribution in [0, 0.1) is 11.6 Å². The van der Waals surface area contributed by atoms with Gasteiger partial charge in [-0.15, -0.1) is 0 Å². The molecule has 0 unspecified atom stereocenters. The summed E-state index contributed by atoms with van der Waals surface area (Å²) >= 11 is 0. The highest BCUT2D eigenvalue weighted by Crippen LogP contribution is 2.30. The summed E-state index contributed by atoms with van der Waals surface area (Å²) in [6.07, 6.45) is 1.98. The van der Waals surface area contributed by atoms with E-state index in [1.165, 1.54) is 29.5 Å². The van der Waals surface area contributed by atoms with Gasteiger partial charge in [0.2, 0.25) is 5.91 Å². The van der Waals surface area contributed by atoms with E-state index in [2.05, 4.69) is 58.4 Å². The van der Waals surface area contributed by atoms with Crippen molar-refractivity contribution in [1.29, 1.82) is 0 Å². The summed E-state index contributed by atoms with van der Waals surface area (Å²) in [5, 5.41) is 0. The number of benzene rings is 3. The van der Waals surface area contributed by atoms with Crippen LogP contribution in [0.15, 0.2) is 89.5 Å². The average Bonchev–Trinajstić information content (AvgIpc) is 3.38. The van der Waals surface area contributed by atoms with Crippen LogP contribution in [0.1, 0.15) is 29.5 Å². The van der Waals surface area contributed by atoms with Gasteiger partial charge >= 0.3 is 0 Å². The number of piperazine rings is 1. The Bertz CT molecular complexity index is 1260. The number of carbonyl (C=O) groups excluding carboxylic acids is 1. The van der Waals surface area contributed by atoms with Gasteiger partial charge in [0.15, 0.2) is 11.7 Å². The van der Waals surface area contributed by atoms with Gasteiger partial charge in [0.25, 0.3) is 0 Å². The standard InChI is InChI=1S/C29H27F2N3O2/c30-23-11-12-24(25(31)19-23)26-20-32-27(36-26)13-14-28(35)33-15-17-34(18-16-33)29(21-7-3-1-4-8-21)22-9-5-2-6-10-22/h1-12,19-20,29H,13-18H2. The number of rotatable bonds is 7. The van der Waals surface area contributed by atoms with Crippen LogP contribution < -0.4 is 0 Å². The number of aromatic nitrogens is 1. The van der Waals surface area contributed by atoms with Crippen molar-refractivity contribution in [3.05, 3.63) is 114 Å². The maximum atomic E-state index is 14.0. The van der Waals surface area contributed by atoms with Gasteiger partial charge in [0, 0.05) is 45.1 Å². The average molecular weight is 488 g/mol. The molecule has 1 amide bonds. The van der Waals surface area contributed by atoms with Crippen LogP contribution in [0.3, 0.4) is 0 Å². The Morgan fingerprint density at radius 1 is 0.889 bits per heavy atom. The van der Waals surface area contributed by atoms with E-state index in [9.17, 15) is 13.6 Å². The molecule has 1 aromatic heterocycles. The molecular formula is C29H27F2N3O2. The zero-order valence-corrected chi connectivity index (χ0v) is 19.8. The Hall–Kier alpha value is -3.84. The number of nitrogens with zero attached hydrogens (tertiary/aromatic N) is 3. The molecule has 0 radical (unpaired) electrons. The molecule has 3 aromatic carbocycles. The van der Waals surface area contributed by atoms with Gasteiger partial charge < -0.3 is 9.32 Å². The fourth-order valence-corrected chi connectivity index (χ4v) is 4.73. The lowest BCUT2D eigenvalue weighted by Crippen LogP contribution is -2.49. The first kappa shape index (κ1) is 23.9. The summed E-state index contributed by atoms with van der Waals surface area (Å²) in [6, 6.07) is 24.3. The van der Waals surface area contributed by atoms with Crippen LogP contribution in [-0.2, 0) is 11.2 Å². The van der Waals surface area contributed by atoms with Gasteiger partial charge in [-0.05, 0) is 23.3 Å². The lowest BCUT2D eigenvalue weighted by atomic mass is 9.96. The summed E-state index contributed by atoms with van der Waals surface area (Å²) in [4.78, 5) is 21.4. The van der Waals surface area contributed by atoms with Crippen molar-refractivity contribution in [2.75, 3.05) is 26.2 Å². The summed E-state index contributed by atoms with van der Waals surface area (Å²) in [6.45, 7) is 2.83. The Morgan fingerprint density at radius 3 is 2.14 bits per heavy atom. The second-order valence-corrected chi connectivity index (χ2v) is 8.88. The van der Waals surface area contributed by atoms with Crippen LogP contribution in [0.4, 0.5) is 8.78 Å². The third kappa shape index (κ3) is 5.36. The maximum Gasteiger partial charge on any atom is 0.223 e. The predicted octanol–water partition coefficient (Wildman–Crippen LogP) is 5.49. The summed E-state index contributed by atoms with van der Waals surface area (Å²) in [7, 11) is 0. The molecule has 1 aliphatic heterocycles. The number of hydrogen-bond donors (Lipinski definition) is 0. The van der Waals surface area contributed by atoms with Crippen molar-refractivity contribution in [2.24, 2.45) is 0 Å². The fourth-order valence-electron chi connectivity index (χ4n) is 4.73. The highest BCUT2D eigenvalue weighted by Gasteiger charge is 2.28. The number of hydrogen-bond acceptors (Lipinski definition) is 4. The predicted molar refractivity (Wildman–Crippen MR) is 133 cm³/mol. The second kappa shape index (κ2) is 10.8. The third-order valence-corrected chi connectivity index (χ3v) is 6.57. The van der Waals surface area contributed by atoms with Crippen LogP contribution in [0.25, 0.3) is 11.3 Å². The zero-order valence-electron chi connectivity index (χ0n) is 19.8. The van der Waals surface area contributed by atoms with Crippen molar-refractivity contribution in [3.8, 4) is 11.3 Å². The molecule has 0 bridgehead atoms. The fraction of sp³-hybridized carbons (Fsp3) is 0.241. The molecule has 0 aliphatic carbocycles. The molecule has 0 saturated carbocycles. The Kier molecular flexibility index (Phi) is 7.18. The van der Waals surface area contributed by atoms with Crippen molar-refractivity contribution in [2.45, 2.75) is 18.9 Å². The molecule has 7 heteroatoms. The number of halogens is 2. The largest absolute Gasteiger partial charge is 0.441 e. The minimum Gasteiger partial charge on any atom is -0.441 e. The van der Waals surface area contributed by atoms with Crippen molar-refractivity contribution in [3.63, 3.8) is 0 Å². The molecule has 36 heavy (non-hydrogen) atoms. The number of carbonyl (C=O) groups is 1. The molecule has 0 N–H and O–H groups in total. The van der Waals surface area contributed by atoms with Crippen molar-refractivity contribution < 1.29 is 18.0 Å². The van der Waals surface area contributed by atoms with E-state index < -0.39 is 11.6 Å². The van der Waals surface area contributed by atoms with E-state index in [0.29, 0.717) is 25.4 Å². The molecule has 1 saturated heterocycles. The Morgan fingerprint density at radius 2 is 1.53 bits per heavy atom. The second-order valence-electron chi connectivity index (χ2n) is 8.88. The molecule has 0 atom stereocenters. The van der Waals surface area contributed by atoms with E-state index >= 15 is 0 Å². The Balaban J connectivity index is 1.18. The first-order valence-electron chi connectivity index (χ1n) is 12.1. The van der Waals surface area contributed by atoms with E-state index in [1.807, 2.05) is 17.0 Å². The molecule has 2 heterocycles. The number of oxazole rings is 1. The van der Waals surface area contributed by atoms with Gasteiger partial charge in [-0.2, -0.15) is 0 Å². The molecule has 184 valence electrons. The van der Waals surface area contributed by atoms with E-state index in [4.69, 9.17) is 4.42 Å². The normalized spacial score (nSPS) is 14.4. The molecule has 1 fully saturated rings.